The molecular formula is C29H26BF2N3O3. The maximum atomic E-state index is 14.2. The monoisotopic (exact) mass is 513 g/mol. The van der Waals surface area contributed by atoms with Crippen LogP contribution in [0.2, 0.25) is 0 Å². The summed E-state index contributed by atoms with van der Waals surface area (Å²) in [6.45, 7) is 3.76. The van der Waals surface area contributed by atoms with Crippen molar-refractivity contribution in [2.75, 3.05) is 16.3 Å². The van der Waals surface area contributed by atoms with Gasteiger partial charge in [-0.1, -0.05) is 30.3 Å². The minimum atomic E-state index is -2.76. The molecule has 0 aliphatic rings. The number of carbonyl (C=O) groups excluding carboxylic acids is 2. The predicted octanol–water partition coefficient (Wildman–Crippen LogP) is 5.54. The number of benzene rings is 3. The average molecular weight is 513 g/mol. The molecule has 3 aromatic carbocycles. The topological polar surface area (TPSA) is 73.7 Å². The van der Waals surface area contributed by atoms with Gasteiger partial charge < -0.3 is 10.0 Å². The van der Waals surface area contributed by atoms with Crippen LogP contribution in [0.25, 0.3) is 11.1 Å². The van der Waals surface area contributed by atoms with Gasteiger partial charge in [-0.15, -0.1) is 0 Å². The van der Waals surface area contributed by atoms with Crippen molar-refractivity contribution in [1.82, 2.24) is 4.98 Å². The zero-order valence-electron chi connectivity index (χ0n) is 21.0. The summed E-state index contributed by atoms with van der Waals surface area (Å²) in [5.74, 6) is -1.07. The number of amides is 2. The number of hydrogen-bond acceptors (Lipinski definition) is 4. The van der Waals surface area contributed by atoms with Gasteiger partial charge in [0.1, 0.15) is 5.75 Å². The third kappa shape index (κ3) is 5.41. The predicted molar refractivity (Wildman–Crippen MR) is 146 cm³/mol. The van der Waals surface area contributed by atoms with E-state index in [0.717, 1.165) is 5.56 Å². The first-order valence-corrected chi connectivity index (χ1v) is 12.1. The summed E-state index contributed by atoms with van der Waals surface area (Å²) >= 11 is 0. The van der Waals surface area contributed by atoms with Crippen molar-refractivity contribution in [1.29, 1.82) is 0 Å². The fourth-order valence-electron chi connectivity index (χ4n) is 4.28. The van der Waals surface area contributed by atoms with Gasteiger partial charge >= 0.3 is 7.27 Å². The molecular weight excluding hydrogens is 487 g/mol. The van der Waals surface area contributed by atoms with E-state index in [1.54, 1.807) is 80.8 Å². The Labute approximate surface area is 220 Å². The number of phenolic OH excluding ortho intramolecular Hbond substituents is 1. The molecule has 6 nitrogen and oxygen atoms in total. The van der Waals surface area contributed by atoms with E-state index < -0.39 is 19.1 Å². The van der Waals surface area contributed by atoms with Crippen molar-refractivity contribution in [3.63, 3.8) is 0 Å². The van der Waals surface area contributed by atoms with Crippen LogP contribution >= 0.6 is 0 Å². The molecule has 1 heterocycles. The van der Waals surface area contributed by atoms with Crippen LogP contribution in [0.15, 0.2) is 91.3 Å². The van der Waals surface area contributed by atoms with Gasteiger partial charge in [0.2, 0.25) is 12.3 Å². The fourth-order valence-corrected chi connectivity index (χ4v) is 4.28. The van der Waals surface area contributed by atoms with Crippen LogP contribution < -0.4 is 15.3 Å². The molecule has 0 saturated carbocycles. The van der Waals surface area contributed by atoms with E-state index in [-0.39, 0.29) is 23.4 Å². The Morgan fingerprint density at radius 3 is 2.34 bits per heavy atom. The number of aromatic hydroxyl groups is 1. The number of rotatable bonds is 9. The van der Waals surface area contributed by atoms with Gasteiger partial charge in [-0.25, -0.2) is 0 Å². The molecule has 4 rings (SSSR count). The SMILES string of the molecule is CCN(C=O)c1ccc(B(F)F)cc1N(C(=O)C(C)c1ccc(O)c(-c2ccncc2)c1)c1ccccc1. The molecule has 0 bridgehead atoms. The van der Waals surface area contributed by atoms with Crippen molar-refractivity contribution in [2.24, 2.45) is 0 Å². The van der Waals surface area contributed by atoms with E-state index in [2.05, 4.69) is 4.98 Å². The number of carbonyl (C=O) groups is 2. The van der Waals surface area contributed by atoms with Crippen LogP contribution in [0.4, 0.5) is 25.7 Å². The van der Waals surface area contributed by atoms with Crippen LogP contribution in [0.5, 0.6) is 5.75 Å². The third-order valence-electron chi connectivity index (χ3n) is 6.39. The Kier molecular flexibility index (Phi) is 8.16. The van der Waals surface area contributed by atoms with Gasteiger partial charge in [-0.3, -0.25) is 28.1 Å². The normalized spacial score (nSPS) is 11.5. The Bertz CT molecular complexity index is 1420. The molecule has 0 radical (unpaired) electrons. The van der Waals surface area contributed by atoms with Crippen molar-refractivity contribution < 1.29 is 23.3 Å². The zero-order valence-corrected chi connectivity index (χ0v) is 21.0. The first-order chi connectivity index (χ1) is 18.3. The molecule has 1 unspecified atom stereocenters. The van der Waals surface area contributed by atoms with Crippen molar-refractivity contribution in [3.05, 3.63) is 96.8 Å². The lowest BCUT2D eigenvalue weighted by molar-refractivity contribution is -0.119. The second-order valence-corrected chi connectivity index (χ2v) is 8.68. The number of halogens is 2. The van der Waals surface area contributed by atoms with Gasteiger partial charge in [-0.2, -0.15) is 0 Å². The van der Waals surface area contributed by atoms with Crippen molar-refractivity contribution in [2.45, 2.75) is 19.8 Å². The lowest BCUT2D eigenvalue weighted by atomic mass is 9.85. The highest BCUT2D eigenvalue weighted by Crippen LogP contribution is 2.38. The number of hydrogen-bond donors (Lipinski definition) is 1. The van der Waals surface area contributed by atoms with E-state index in [4.69, 9.17) is 0 Å². The van der Waals surface area contributed by atoms with Gasteiger partial charge in [-0.05, 0) is 79.0 Å². The molecule has 38 heavy (non-hydrogen) atoms. The molecule has 2 amide bonds. The smallest absolute Gasteiger partial charge is 0.507 e. The van der Waals surface area contributed by atoms with E-state index >= 15 is 0 Å². The summed E-state index contributed by atoms with van der Waals surface area (Å²) in [7, 11) is -2.76. The second kappa shape index (κ2) is 11.7. The van der Waals surface area contributed by atoms with Crippen LogP contribution in [0.1, 0.15) is 25.3 Å². The summed E-state index contributed by atoms with van der Waals surface area (Å²) in [5, 5.41) is 10.5. The van der Waals surface area contributed by atoms with Gasteiger partial charge in [0.15, 0.2) is 0 Å². The zero-order chi connectivity index (χ0) is 27.2. The molecule has 0 aliphatic heterocycles. The van der Waals surface area contributed by atoms with Crippen LogP contribution in [0.3, 0.4) is 0 Å². The summed E-state index contributed by atoms with van der Waals surface area (Å²) in [6.07, 6.45) is 3.83. The molecule has 4 aromatic rings. The van der Waals surface area contributed by atoms with Crippen LogP contribution in [-0.4, -0.2) is 36.2 Å². The first kappa shape index (κ1) is 26.5. The molecule has 0 aliphatic carbocycles. The lowest BCUT2D eigenvalue weighted by Gasteiger charge is -2.31. The Morgan fingerprint density at radius 2 is 1.71 bits per heavy atom. The molecule has 1 aromatic heterocycles. The quantitative estimate of drug-likeness (QED) is 0.236. The molecule has 0 spiro atoms. The fraction of sp³-hybridized carbons (Fsp3) is 0.138. The van der Waals surface area contributed by atoms with Crippen molar-refractivity contribution in [3.8, 4) is 16.9 Å². The Balaban J connectivity index is 1.86. The van der Waals surface area contributed by atoms with Gasteiger partial charge in [0.25, 0.3) is 0 Å². The number of para-hydroxylation sites is 1. The molecule has 1 atom stereocenters. The molecule has 0 fully saturated rings. The standard InChI is InChI=1S/C29H26BF2N3O3/c1-3-34(19-36)26-11-10-23(30(31)32)18-27(26)35(24-7-5-4-6-8-24)29(38)20(2)22-9-12-28(37)25(17-22)21-13-15-33-16-14-21/h4-20,37H,3H2,1-2H3. The average Bonchev–Trinajstić information content (AvgIpc) is 2.95. The molecule has 9 heteroatoms. The second-order valence-electron chi connectivity index (χ2n) is 8.68. The molecule has 1 N–H and O–H groups in total. The highest BCUT2D eigenvalue weighted by Gasteiger charge is 2.30. The summed E-state index contributed by atoms with van der Waals surface area (Å²) in [5.41, 5.74) is 2.59. The number of pyridine rings is 1. The van der Waals surface area contributed by atoms with E-state index in [1.165, 1.54) is 34.1 Å². The van der Waals surface area contributed by atoms with Gasteiger partial charge in [0.05, 0.1) is 17.3 Å². The summed E-state index contributed by atoms with van der Waals surface area (Å²) < 4.78 is 27.5. The third-order valence-corrected chi connectivity index (χ3v) is 6.39. The lowest BCUT2D eigenvalue weighted by Crippen LogP contribution is -2.34. The highest BCUT2D eigenvalue weighted by molar-refractivity contribution is 6.60. The minimum absolute atomic E-state index is 0.0519. The highest BCUT2D eigenvalue weighted by atomic mass is 19.2. The summed E-state index contributed by atoms with van der Waals surface area (Å²) in [4.78, 5) is 32.8. The van der Waals surface area contributed by atoms with E-state index in [0.29, 0.717) is 28.9 Å². The van der Waals surface area contributed by atoms with E-state index in [1.807, 2.05) is 0 Å². The number of anilines is 3. The Hall–Kier alpha value is -4.53. The van der Waals surface area contributed by atoms with Crippen LogP contribution in [0, 0.1) is 0 Å². The number of aromatic nitrogens is 1. The molecule has 0 saturated heterocycles. The molecule has 192 valence electrons. The maximum absolute atomic E-state index is 14.2. The van der Waals surface area contributed by atoms with E-state index in [9.17, 15) is 23.3 Å². The largest absolute Gasteiger partial charge is 0.572 e. The van der Waals surface area contributed by atoms with Gasteiger partial charge in [0, 0.05) is 30.2 Å². The number of nitrogens with zero attached hydrogens (tertiary/aromatic N) is 3. The Morgan fingerprint density at radius 1 is 1.00 bits per heavy atom. The van der Waals surface area contributed by atoms with Crippen LogP contribution in [-0.2, 0) is 9.59 Å². The van der Waals surface area contributed by atoms with Crippen molar-refractivity contribution >= 4 is 42.1 Å². The first-order valence-electron chi connectivity index (χ1n) is 12.1. The summed E-state index contributed by atoms with van der Waals surface area (Å²) in [6, 6.07) is 21.1. The minimum Gasteiger partial charge on any atom is -0.507 e. The number of phenols is 1. The maximum Gasteiger partial charge on any atom is 0.572 e.